The predicted octanol–water partition coefficient (Wildman–Crippen LogP) is 2.85. The molecule has 2 heterocycles. The van der Waals surface area contributed by atoms with E-state index in [2.05, 4.69) is 15.3 Å². The molecule has 0 radical (unpaired) electrons. The first-order valence-corrected chi connectivity index (χ1v) is 8.08. The van der Waals surface area contributed by atoms with Crippen LogP contribution in [-0.2, 0) is 17.5 Å². The molecule has 1 N–H and O–H groups in total. The summed E-state index contributed by atoms with van der Waals surface area (Å²) in [4.78, 5) is 20.6. The minimum Gasteiger partial charge on any atom is -0.378 e. The highest BCUT2D eigenvalue weighted by atomic mass is 19.4. The Morgan fingerprint density at radius 3 is 2.67 bits per heavy atom. The zero-order valence-electron chi connectivity index (χ0n) is 14.1. The van der Waals surface area contributed by atoms with Gasteiger partial charge in [-0.2, -0.15) is 13.2 Å². The summed E-state index contributed by atoms with van der Waals surface area (Å²) in [6, 6.07) is 4.74. The Morgan fingerprint density at radius 1 is 1.26 bits per heavy atom. The molecule has 1 aromatic carbocycles. The minimum absolute atomic E-state index is 0.0473. The molecule has 0 unspecified atom stereocenters. The van der Waals surface area contributed by atoms with Crippen LogP contribution in [0.4, 0.5) is 30.5 Å². The van der Waals surface area contributed by atoms with E-state index >= 15 is 0 Å². The van der Waals surface area contributed by atoms with Crippen molar-refractivity contribution >= 4 is 17.3 Å². The number of alkyl halides is 3. The Bertz CT molecular complexity index is 825. The summed E-state index contributed by atoms with van der Waals surface area (Å²) in [5.74, 6) is 0.110. The van der Waals surface area contributed by atoms with Crippen molar-refractivity contribution in [3.8, 4) is 0 Å². The van der Waals surface area contributed by atoms with E-state index in [1.54, 1.807) is 4.90 Å². The quantitative estimate of drug-likeness (QED) is 0.627. The second-order valence-corrected chi connectivity index (χ2v) is 5.80. The number of nitrogens with one attached hydrogen (secondary N) is 1. The van der Waals surface area contributed by atoms with Gasteiger partial charge in [0.15, 0.2) is 0 Å². The summed E-state index contributed by atoms with van der Waals surface area (Å²) in [5, 5.41) is 14.3. The number of aromatic nitrogens is 2. The van der Waals surface area contributed by atoms with E-state index in [4.69, 9.17) is 4.74 Å². The number of anilines is 2. The SMILES string of the molecule is O=[N+]([O-])c1c(NCc2cccc(C(F)(F)F)c2)ncnc1N1CCOCC1. The number of halogens is 3. The van der Waals surface area contributed by atoms with Gasteiger partial charge in [0.25, 0.3) is 0 Å². The molecule has 8 nitrogen and oxygen atoms in total. The van der Waals surface area contributed by atoms with Gasteiger partial charge in [0.1, 0.15) is 6.33 Å². The summed E-state index contributed by atoms with van der Waals surface area (Å²) >= 11 is 0. The van der Waals surface area contributed by atoms with Crippen LogP contribution in [0.5, 0.6) is 0 Å². The molecule has 11 heteroatoms. The lowest BCUT2D eigenvalue weighted by Crippen LogP contribution is -2.37. The van der Waals surface area contributed by atoms with E-state index in [0.717, 1.165) is 12.1 Å². The maximum absolute atomic E-state index is 12.8. The average Bonchev–Trinajstić information content (AvgIpc) is 2.66. The topological polar surface area (TPSA) is 93.4 Å². The molecule has 0 saturated carbocycles. The van der Waals surface area contributed by atoms with Crippen LogP contribution < -0.4 is 10.2 Å². The first-order valence-electron chi connectivity index (χ1n) is 8.08. The molecular formula is C16H16F3N5O3. The molecule has 0 amide bonds. The third-order valence-electron chi connectivity index (χ3n) is 4.01. The summed E-state index contributed by atoms with van der Waals surface area (Å²) < 4.78 is 43.7. The molecule has 1 fully saturated rings. The molecule has 144 valence electrons. The van der Waals surface area contributed by atoms with Crippen molar-refractivity contribution < 1.29 is 22.8 Å². The van der Waals surface area contributed by atoms with E-state index in [-0.39, 0.29) is 23.9 Å². The Labute approximate surface area is 152 Å². The fourth-order valence-corrected chi connectivity index (χ4v) is 2.72. The van der Waals surface area contributed by atoms with Crippen molar-refractivity contribution in [3.63, 3.8) is 0 Å². The number of morpholine rings is 1. The van der Waals surface area contributed by atoms with Gasteiger partial charge in [-0.25, -0.2) is 9.97 Å². The normalized spacial score (nSPS) is 14.9. The first kappa shape index (κ1) is 18.8. The summed E-state index contributed by atoms with van der Waals surface area (Å²) in [6.07, 6.45) is -3.27. The lowest BCUT2D eigenvalue weighted by atomic mass is 10.1. The molecule has 0 aliphatic carbocycles. The van der Waals surface area contributed by atoms with Gasteiger partial charge in [-0.05, 0) is 17.7 Å². The van der Waals surface area contributed by atoms with Gasteiger partial charge in [-0.15, -0.1) is 0 Å². The summed E-state index contributed by atoms with van der Waals surface area (Å²) in [5.41, 5.74) is -0.773. The molecule has 1 aliphatic heterocycles. The lowest BCUT2D eigenvalue weighted by molar-refractivity contribution is -0.383. The Morgan fingerprint density at radius 2 is 2.00 bits per heavy atom. The summed E-state index contributed by atoms with van der Waals surface area (Å²) in [6.45, 7) is 1.70. The zero-order chi connectivity index (χ0) is 19.4. The van der Waals surface area contributed by atoms with Crippen molar-refractivity contribution in [2.75, 3.05) is 36.5 Å². The van der Waals surface area contributed by atoms with Crippen molar-refractivity contribution in [2.45, 2.75) is 12.7 Å². The molecule has 3 rings (SSSR count). The van der Waals surface area contributed by atoms with Crippen LogP contribution in [0.1, 0.15) is 11.1 Å². The van der Waals surface area contributed by atoms with Crippen LogP contribution >= 0.6 is 0 Å². The number of nitrogens with zero attached hydrogens (tertiary/aromatic N) is 4. The average molecular weight is 383 g/mol. The van der Waals surface area contributed by atoms with Gasteiger partial charge in [0.05, 0.1) is 23.7 Å². The molecule has 2 aromatic rings. The molecule has 0 spiro atoms. The van der Waals surface area contributed by atoms with Crippen LogP contribution in [0.25, 0.3) is 0 Å². The summed E-state index contributed by atoms with van der Waals surface area (Å²) in [7, 11) is 0. The Hall–Kier alpha value is -2.95. The van der Waals surface area contributed by atoms with Crippen LogP contribution in [0, 0.1) is 10.1 Å². The van der Waals surface area contributed by atoms with E-state index in [0.29, 0.717) is 31.9 Å². The maximum Gasteiger partial charge on any atom is 0.416 e. The molecular weight excluding hydrogens is 367 g/mol. The highest BCUT2D eigenvalue weighted by Crippen LogP contribution is 2.33. The molecule has 1 aromatic heterocycles. The van der Waals surface area contributed by atoms with Crippen LogP contribution in [-0.4, -0.2) is 41.2 Å². The molecule has 27 heavy (non-hydrogen) atoms. The maximum atomic E-state index is 12.8. The zero-order valence-corrected chi connectivity index (χ0v) is 14.1. The standard InChI is InChI=1S/C16H16F3N5O3/c17-16(18,19)12-3-1-2-11(8-12)9-20-14-13(24(25)26)15(22-10-21-14)23-4-6-27-7-5-23/h1-3,8,10H,4-7,9H2,(H,20,21,22). The van der Waals surface area contributed by atoms with Crippen molar-refractivity contribution in [2.24, 2.45) is 0 Å². The molecule has 1 saturated heterocycles. The Balaban J connectivity index is 1.84. The molecule has 0 bridgehead atoms. The third kappa shape index (κ3) is 4.42. The fourth-order valence-electron chi connectivity index (χ4n) is 2.72. The van der Waals surface area contributed by atoms with Crippen molar-refractivity contribution in [1.82, 2.24) is 9.97 Å². The van der Waals surface area contributed by atoms with Gasteiger partial charge in [-0.1, -0.05) is 12.1 Å². The predicted molar refractivity (Wildman–Crippen MR) is 90.5 cm³/mol. The highest BCUT2D eigenvalue weighted by Gasteiger charge is 2.31. The number of rotatable bonds is 5. The van der Waals surface area contributed by atoms with Crippen LogP contribution in [0.3, 0.4) is 0 Å². The van der Waals surface area contributed by atoms with Crippen molar-refractivity contribution in [1.29, 1.82) is 0 Å². The van der Waals surface area contributed by atoms with Gasteiger partial charge >= 0.3 is 11.9 Å². The number of hydrogen-bond acceptors (Lipinski definition) is 7. The van der Waals surface area contributed by atoms with Gasteiger partial charge in [-0.3, -0.25) is 10.1 Å². The number of benzene rings is 1. The highest BCUT2D eigenvalue weighted by molar-refractivity contribution is 5.70. The van der Waals surface area contributed by atoms with Gasteiger partial charge in [0.2, 0.25) is 11.6 Å². The third-order valence-corrected chi connectivity index (χ3v) is 4.01. The van der Waals surface area contributed by atoms with E-state index in [1.807, 2.05) is 0 Å². The van der Waals surface area contributed by atoms with Crippen LogP contribution in [0.2, 0.25) is 0 Å². The van der Waals surface area contributed by atoms with Crippen LogP contribution in [0.15, 0.2) is 30.6 Å². The second kappa shape index (κ2) is 7.74. The first-order chi connectivity index (χ1) is 12.9. The van der Waals surface area contributed by atoms with E-state index < -0.39 is 16.7 Å². The van der Waals surface area contributed by atoms with E-state index in [1.165, 1.54) is 18.5 Å². The Kier molecular flexibility index (Phi) is 5.40. The molecule has 0 atom stereocenters. The lowest BCUT2D eigenvalue weighted by Gasteiger charge is -2.27. The smallest absolute Gasteiger partial charge is 0.378 e. The van der Waals surface area contributed by atoms with Crippen molar-refractivity contribution in [3.05, 3.63) is 51.8 Å². The largest absolute Gasteiger partial charge is 0.416 e. The fraction of sp³-hybridized carbons (Fsp3) is 0.375. The van der Waals surface area contributed by atoms with Gasteiger partial charge < -0.3 is 15.0 Å². The number of hydrogen-bond donors (Lipinski definition) is 1. The minimum atomic E-state index is -4.46. The number of nitro groups is 1. The number of ether oxygens (including phenoxy) is 1. The van der Waals surface area contributed by atoms with Gasteiger partial charge in [0, 0.05) is 19.6 Å². The van der Waals surface area contributed by atoms with E-state index in [9.17, 15) is 23.3 Å². The second-order valence-electron chi connectivity index (χ2n) is 5.80. The monoisotopic (exact) mass is 383 g/mol. The molecule has 1 aliphatic rings.